The van der Waals surface area contributed by atoms with Crippen LogP contribution in [0.2, 0.25) is 0 Å². The van der Waals surface area contributed by atoms with E-state index in [-0.39, 0.29) is 0 Å². The van der Waals surface area contributed by atoms with E-state index in [1.54, 1.807) is 11.0 Å². The first-order valence-electron chi connectivity index (χ1n) is 4.49. The van der Waals surface area contributed by atoms with Gasteiger partial charge in [0.2, 0.25) is 0 Å². The van der Waals surface area contributed by atoms with Gasteiger partial charge < -0.3 is 0 Å². The summed E-state index contributed by atoms with van der Waals surface area (Å²) in [5.41, 5.74) is 2.66. The molecule has 0 amide bonds. The van der Waals surface area contributed by atoms with Crippen molar-refractivity contribution in [3.05, 3.63) is 30.9 Å². The van der Waals surface area contributed by atoms with E-state index >= 15 is 0 Å². The molecule has 15 heavy (non-hydrogen) atoms. The minimum atomic E-state index is 0.822. The van der Waals surface area contributed by atoms with Crippen molar-refractivity contribution >= 4 is 5.65 Å². The predicted molar refractivity (Wildman–Crippen MR) is 53.0 cm³/mol. The normalized spacial score (nSPS) is 11.0. The zero-order chi connectivity index (χ0) is 10.3. The van der Waals surface area contributed by atoms with E-state index in [9.17, 15) is 0 Å². The van der Waals surface area contributed by atoms with Crippen LogP contribution in [0.25, 0.3) is 16.9 Å². The number of nitrogens with zero attached hydrogens (tertiary/aromatic N) is 6. The molecule has 0 aliphatic heterocycles. The predicted octanol–water partition coefficient (Wildman–Crippen LogP) is 0.525. The van der Waals surface area contributed by atoms with Crippen molar-refractivity contribution < 1.29 is 0 Å². The third-order valence-electron chi connectivity index (χ3n) is 2.19. The fourth-order valence-electron chi connectivity index (χ4n) is 1.46. The molecule has 74 valence electrons. The second-order valence-corrected chi connectivity index (χ2v) is 3.29. The number of pyridine rings is 1. The number of aryl methyl sites for hydroxylation is 1. The first-order valence-corrected chi connectivity index (χ1v) is 4.49. The quantitative estimate of drug-likeness (QED) is 0.574. The molecule has 6 heteroatoms. The van der Waals surface area contributed by atoms with Gasteiger partial charge in [0.05, 0.1) is 6.20 Å². The Hall–Kier alpha value is -2.24. The maximum absolute atomic E-state index is 4.04. The fraction of sp³-hybridized carbons (Fsp3) is 0.111. The molecule has 0 saturated carbocycles. The van der Waals surface area contributed by atoms with Gasteiger partial charge in [-0.3, -0.25) is 9.08 Å². The molecule has 0 radical (unpaired) electrons. The van der Waals surface area contributed by atoms with Crippen LogP contribution in [0.3, 0.4) is 0 Å². The first kappa shape index (κ1) is 8.10. The molecule has 0 N–H and O–H groups in total. The average Bonchev–Trinajstić information content (AvgIpc) is 2.84. The molecule has 3 aromatic rings. The van der Waals surface area contributed by atoms with Crippen LogP contribution in [0.4, 0.5) is 0 Å². The van der Waals surface area contributed by atoms with E-state index in [0.29, 0.717) is 0 Å². The van der Waals surface area contributed by atoms with Crippen LogP contribution in [-0.2, 0) is 7.05 Å². The van der Waals surface area contributed by atoms with E-state index in [4.69, 9.17) is 0 Å². The average molecular weight is 200 g/mol. The molecule has 3 rings (SSSR count). The van der Waals surface area contributed by atoms with Crippen molar-refractivity contribution in [3.8, 4) is 11.3 Å². The van der Waals surface area contributed by atoms with Crippen LogP contribution in [0, 0.1) is 0 Å². The minimum absolute atomic E-state index is 0.822. The largest absolute Gasteiger partial charge is 0.288 e. The molecule has 0 aliphatic rings. The molecule has 0 aliphatic carbocycles. The lowest BCUT2D eigenvalue weighted by Gasteiger charge is -1.96. The van der Waals surface area contributed by atoms with E-state index in [1.807, 2.05) is 36.0 Å². The summed E-state index contributed by atoms with van der Waals surface area (Å²) >= 11 is 0. The van der Waals surface area contributed by atoms with E-state index in [0.717, 1.165) is 16.9 Å². The monoisotopic (exact) mass is 200 g/mol. The number of hydrogen-bond acceptors (Lipinski definition) is 4. The SMILES string of the molecule is Cn1cc(-c2ccc3nncn3c2)nn1. The van der Waals surface area contributed by atoms with Crippen molar-refractivity contribution in [2.24, 2.45) is 7.05 Å². The van der Waals surface area contributed by atoms with Crippen LogP contribution in [0.15, 0.2) is 30.9 Å². The van der Waals surface area contributed by atoms with E-state index in [1.165, 1.54) is 0 Å². The summed E-state index contributed by atoms with van der Waals surface area (Å²) < 4.78 is 3.52. The second-order valence-electron chi connectivity index (χ2n) is 3.29. The van der Waals surface area contributed by atoms with Gasteiger partial charge in [0.25, 0.3) is 0 Å². The topological polar surface area (TPSA) is 60.9 Å². The van der Waals surface area contributed by atoms with Gasteiger partial charge in [-0.2, -0.15) is 0 Å². The Morgan fingerprint density at radius 1 is 1.13 bits per heavy atom. The Bertz CT molecular complexity index is 608. The first-order chi connectivity index (χ1) is 7.33. The van der Waals surface area contributed by atoms with E-state index in [2.05, 4.69) is 20.5 Å². The number of hydrogen-bond donors (Lipinski definition) is 0. The van der Waals surface area contributed by atoms with Crippen molar-refractivity contribution in [1.82, 2.24) is 29.6 Å². The second kappa shape index (κ2) is 2.88. The Balaban J connectivity index is 2.18. The fourth-order valence-corrected chi connectivity index (χ4v) is 1.46. The summed E-state index contributed by atoms with van der Waals surface area (Å²) in [4.78, 5) is 0. The van der Waals surface area contributed by atoms with Crippen molar-refractivity contribution in [3.63, 3.8) is 0 Å². The van der Waals surface area contributed by atoms with Gasteiger partial charge in [-0.05, 0) is 12.1 Å². The van der Waals surface area contributed by atoms with Gasteiger partial charge in [0, 0.05) is 18.8 Å². The molecule has 3 heterocycles. The molecular weight excluding hydrogens is 192 g/mol. The molecule has 0 spiro atoms. The number of aromatic nitrogens is 6. The van der Waals surface area contributed by atoms with Crippen LogP contribution in [0.5, 0.6) is 0 Å². The standard InChI is InChI=1S/C9H8N6/c1-14-5-8(11-13-14)7-2-3-9-12-10-6-15(9)4-7/h2-6H,1H3. The Labute approximate surface area is 85.2 Å². The van der Waals surface area contributed by atoms with Gasteiger partial charge in [0.15, 0.2) is 5.65 Å². The summed E-state index contributed by atoms with van der Waals surface area (Å²) in [7, 11) is 1.84. The summed E-state index contributed by atoms with van der Waals surface area (Å²) in [6.45, 7) is 0. The van der Waals surface area contributed by atoms with Crippen molar-refractivity contribution in [1.29, 1.82) is 0 Å². The zero-order valence-corrected chi connectivity index (χ0v) is 8.07. The molecule has 3 aromatic heterocycles. The van der Waals surface area contributed by atoms with Gasteiger partial charge in [-0.15, -0.1) is 15.3 Å². The molecular formula is C9H8N6. The zero-order valence-electron chi connectivity index (χ0n) is 8.07. The molecule has 0 fully saturated rings. The number of fused-ring (bicyclic) bond motifs is 1. The smallest absolute Gasteiger partial charge is 0.160 e. The van der Waals surface area contributed by atoms with Crippen molar-refractivity contribution in [2.45, 2.75) is 0 Å². The van der Waals surface area contributed by atoms with Crippen LogP contribution in [0.1, 0.15) is 0 Å². The maximum Gasteiger partial charge on any atom is 0.160 e. The highest BCUT2D eigenvalue weighted by molar-refractivity contribution is 5.59. The molecule has 0 atom stereocenters. The summed E-state index contributed by atoms with van der Waals surface area (Å²) in [5, 5.41) is 15.7. The third kappa shape index (κ3) is 1.26. The molecule has 0 unspecified atom stereocenters. The molecule has 6 nitrogen and oxygen atoms in total. The summed E-state index contributed by atoms with van der Waals surface area (Å²) in [6.07, 6.45) is 5.46. The summed E-state index contributed by atoms with van der Waals surface area (Å²) in [5.74, 6) is 0. The van der Waals surface area contributed by atoms with Gasteiger partial charge in [-0.1, -0.05) is 5.21 Å². The lowest BCUT2D eigenvalue weighted by Crippen LogP contribution is -1.85. The van der Waals surface area contributed by atoms with Gasteiger partial charge in [-0.25, -0.2) is 0 Å². The Morgan fingerprint density at radius 2 is 2.07 bits per heavy atom. The summed E-state index contributed by atoms with van der Waals surface area (Å²) in [6, 6.07) is 3.85. The van der Waals surface area contributed by atoms with E-state index < -0.39 is 0 Å². The Morgan fingerprint density at radius 3 is 2.87 bits per heavy atom. The maximum atomic E-state index is 4.04. The van der Waals surface area contributed by atoms with Crippen LogP contribution >= 0.6 is 0 Å². The van der Waals surface area contributed by atoms with Gasteiger partial charge >= 0.3 is 0 Å². The highest BCUT2D eigenvalue weighted by atomic mass is 15.4. The lowest BCUT2D eigenvalue weighted by molar-refractivity contribution is 0.715. The Kier molecular flexibility index (Phi) is 1.55. The molecule has 0 bridgehead atoms. The van der Waals surface area contributed by atoms with Crippen LogP contribution < -0.4 is 0 Å². The van der Waals surface area contributed by atoms with Crippen molar-refractivity contribution in [2.75, 3.05) is 0 Å². The number of rotatable bonds is 1. The van der Waals surface area contributed by atoms with Gasteiger partial charge in [0.1, 0.15) is 12.0 Å². The minimum Gasteiger partial charge on any atom is -0.288 e. The third-order valence-corrected chi connectivity index (χ3v) is 2.19. The lowest BCUT2D eigenvalue weighted by atomic mass is 10.2. The highest BCUT2D eigenvalue weighted by Gasteiger charge is 2.03. The molecule has 0 saturated heterocycles. The van der Waals surface area contributed by atoms with Crippen LogP contribution in [-0.4, -0.2) is 29.6 Å². The highest BCUT2D eigenvalue weighted by Crippen LogP contribution is 2.15. The molecule has 0 aromatic carbocycles.